The Morgan fingerprint density at radius 2 is 2.16 bits per heavy atom. The summed E-state index contributed by atoms with van der Waals surface area (Å²) in [6, 6.07) is 6.79. The molecule has 0 atom stereocenters. The molecule has 0 amide bonds. The molecular formula is C22H22N6O4. The van der Waals surface area contributed by atoms with Crippen molar-refractivity contribution in [3.05, 3.63) is 69.3 Å². The third-order valence-corrected chi connectivity index (χ3v) is 5.09. The summed E-state index contributed by atoms with van der Waals surface area (Å²) in [4.78, 5) is 33.3. The summed E-state index contributed by atoms with van der Waals surface area (Å²) >= 11 is 0. The lowest BCUT2D eigenvalue weighted by molar-refractivity contribution is 0.101. The molecule has 10 nitrogen and oxygen atoms in total. The van der Waals surface area contributed by atoms with Gasteiger partial charge in [0.1, 0.15) is 29.3 Å². The maximum Gasteiger partial charge on any atom is 0.268 e. The molecule has 0 unspecified atom stereocenters. The van der Waals surface area contributed by atoms with E-state index in [1.807, 2.05) is 13.0 Å². The summed E-state index contributed by atoms with van der Waals surface area (Å²) in [6.07, 6.45) is 4.41. The second kappa shape index (κ2) is 8.96. The molecule has 1 aromatic carbocycles. The molecule has 32 heavy (non-hydrogen) atoms. The van der Waals surface area contributed by atoms with Gasteiger partial charge in [0, 0.05) is 23.5 Å². The molecule has 0 fully saturated rings. The molecule has 3 heterocycles. The quantitative estimate of drug-likeness (QED) is 0.550. The number of Topliss-reactive ketones (excluding diaryl/α,β-unsaturated/α-hetero) is 1. The van der Waals surface area contributed by atoms with Crippen molar-refractivity contribution >= 4 is 17.3 Å². The van der Waals surface area contributed by atoms with Crippen LogP contribution in [0.1, 0.15) is 47.3 Å². The minimum absolute atomic E-state index is 0.0494. The van der Waals surface area contributed by atoms with Gasteiger partial charge in [0.15, 0.2) is 18.3 Å². The van der Waals surface area contributed by atoms with Crippen LogP contribution in [0.4, 0.5) is 0 Å². The van der Waals surface area contributed by atoms with Gasteiger partial charge < -0.3 is 9.84 Å². The van der Waals surface area contributed by atoms with E-state index in [-0.39, 0.29) is 41.5 Å². The van der Waals surface area contributed by atoms with E-state index in [2.05, 4.69) is 25.7 Å². The van der Waals surface area contributed by atoms with Crippen molar-refractivity contribution in [3.8, 4) is 11.5 Å². The Morgan fingerprint density at radius 1 is 1.31 bits per heavy atom. The number of fused-ring (bicyclic) bond motifs is 1. The zero-order valence-electron chi connectivity index (χ0n) is 17.7. The molecule has 0 radical (unpaired) electrons. The highest BCUT2D eigenvalue weighted by molar-refractivity contribution is 5.98. The van der Waals surface area contributed by atoms with Gasteiger partial charge in [-0.15, -0.1) is 5.11 Å². The van der Waals surface area contributed by atoms with Crippen LogP contribution in [-0.2, 0) is 13.0 Å². The maximum atomic E-state index is 13.0. The Labute approximate surface area is 183 Å². The fraction of sp³-hybridized carbons (Fsp3) is 0.273. The Hall–Kier alpha value is -4.08. The van der Waals surface area contributed by atoms with E-state index >= 15 is 0 Å². The molecular weight excluding hydrogens is 412 g/mol. The second-order valence-electron chi connectivity index (χ2n) is 7.24. The van der Waals surface area contributed by atoms with Crippen LogP contribution in [0, 0.1) is 0 Å². The van der Waals surface area contributed by atoms with Crippen molar-refractivity contribution in [2.24, 2.45) is 15.3 Å². The Bertz CT molecular complexity index is 1310. The van der Waals surface area contributed by atoms with E-state index in [0.717, 1.165) is 6.42 Å². The van der Waals surface area contributed by atoms with Crippen molar-refractivity contribution in [1.82, 2.24) is 14.8 Å². The zero-order valence-corrected chi connectivity index (χ0v) is 17.7. The van der Waals surface area contributed by atoms with Crippen LogP contribution in [0.5, 0.6) is 11.5 Å². The predicted molar refractivity (Wildman–Crippen MR) is 117 cm³/mol. The molecule has 164 valence electrons. The van der Waals surface area contributed by atoms with Crippen molar-refractivity contribution in [1.29, 1.82) is 0 Å². The largest absolute Gasteiger partial charge is 0.507 e. The molecule has 1 aliphatic rings. The molecule has 0 saturated carbocycles. The molecule has 4 rings (SSSR count). The summed E-state index contributed by atoms with van der Waals surface area (Å²) in [5.74, 6) is 0.547. The lowest BCUT2D eigenvalue weighted by atomic mass is 10.0. The first-order valence-corrected chi connectivity index (χ1v) is 10.2. The standard InChI is InChI=1S/C22H22N6O4/c1-3-5-16-18(8-7-15(13(2)29)19(16)30)32-11-14-6-4-9-28-21(14)23-10-17(22(28)31)20-24-12-25-27-26-20/h4,6-10,30H,3,5,11-12H2,1-2H3,(H,24,25,26). The van der Waals surface area contributed by atoms with E-state index < -0.39 is 0 Å². The summed E-state index contributed by atoms with van der Waals surface area (Å²) in [5.41, 5.74) is 4.60. The van der Waals surface area contributed by atoms with E-state index in [9.17, 15) is 14.7 Å². The fourth-order valence-corrected chi connectivity index (χ4v) is 3.52. The molecule has 2 N–H and O–H groups in total. The third kappa shape index (κ3) is 3.94. The summed E-state index contributed by atoms with van der Waals surface area (Å²) in [5, 5.41) is 17.9. The van der Waals surface area contributed by atoms with Crippen LogP contribution >= 0.6 is 0 Å². The first kappa shape index (κ1) is 21.2. The van der Waals surface area contributed by atoms with Crippen LogP contribution in [0.2, 0.25) is 0 Å². The number of pyridine rings is 1. The number of ether oxygens (including phenoxy) is 1. The highest BCUT2D eigenvalue weighted by atomic mass is 16.5. The minimum atomic E-state index is -0.296. The van der Waals surface area contributed by atoms with Crippen LogP contribution in [-0.4, -0.2) is 32.8 Å². The summed E-state index contributed by atoms with van der Waals surface area (Å²) < 4.78 is 7.42. The lowest BCUT2D eigenvalue weighted by Crippen LogP contribution is -2.31. The van der Waals surface area contributed by atoms with Gasteiger partial charge in [-0.2, -0.15) is 0 Å². The van der Waals surface area contributed by atoms with Gasteiger partial charge in [0.2, 0.25) is 0 Å². The molecule has 3 aromatic rings. The predicted octanol–water partition coefficient (Wildman–Crippen LogP) is 2.81. The zero-order chi connectivity index (χ0) is 22.7. The number of ketones is 1. The van der Waals surface area contributed by atoms with Gasteiger partial charge in [0.05, 0.1) is 5.56 Å². The number of rotatable bonds is 7. The van der Waals surface area contributed by atoms with Gasteiger partial charge in [-0.05, 0) is 31.5 Å². The van der Waals surface area contributed by atoms with Crippen LogP contribution in [0.15, 0.2) is 56.8 Å². The van der Waals surface area contributed by atoms with Crippen LogP contribution in [0.25, 0.3) is 5.65 Å². The number of nitrogens with zero attached hydrogens (tertiary/aromatic N) is 5. The average Bonchev–Trinajstić information content (AvgIpc) is 2.80. The van der Waals surface area contributed by atoms with Crippen LogP contribution < -0.4 is 15.7 Å². The van der Waals surface area contributed by atoms with E-state index in [4.69, 9.17) is 4.74 Å². The molecule has 10 heteroatoms. The first-order chi connectivity index (χ1) is 15.5. The SMILES string of the molecule is CCCc1c(OCc2cccn3c(=O)c(C4=NCN=NN4)cnc23)ccc(C(C)=O)c1O. The van der Waals surface area contributed by atoms with Gasteiger partial charge in [0.25, 0.3) is 5.56 Å². The third-order valence-electron chi connectivity index (χ3n) is 5.09. The average molecular weight is 434 g/mol. The van der Waals surface area contributed by atoms with E-state index in [0.29, 0.717) is 34.8 Å². The normalized spacial score (nSPS) is 13.0. The number of phenolic OH excluding ortho intramolecular Hbond substituents is 1. The Balaban J connectivity index is 1.66. The topological polar surface area (TPSA) is 130 Å². The highest BCUT2D eigenvalue weighted by Crippen LogP contribution is 2.33. The second-order valence-corrected chi connectivity index (χ2v) is 7.24. The first-order valence-electron chi connectivity index (χ1n) is 10.2. The number of carbonyl (C=O) groups excluding carboxylic acids is 1. The van der Waals surface area contributed by atoms with Gasteiger partial charge in [-0.1, -0.05) is 24.6 Å². The maximum absolute atomic E-state index is 13.0. The number of aromatic hydroxyl groups is 1. The van der Waals surface area contributed by atoms with Crippen LogP contribution in [0.3, 0.4) is 0 Å². The number of aromatic nitrogens is 2. The smallest absolute Gasteiger partial charge is 0.268 e. The lowest BCUT2D eigenvalue weighted by Gasteiger charge is -2.15. The van der Waals surface area contributed by atoms with Gasteiger partial charge >= 0.3 is 0 Å². The number of hydrogen-bond donors (Lipinski definition) is 2. The molecule has 0 bridgehead atoms. The van der Waals surface area contributed by atoms with Crippen molar-refractivity contribution in [3.63, 3.8) is 0 Å². The number of benzene rings is 1. The monoisotopic (exact) mass is 434 g/mol. The van der Waals surface area contributed by atoms with Crippen molar-refractivity contribution in [2.45, 2.75) is 33.3 Å². The highest BCUT2D eigenvalue weighted by Gasteiger charge is 2.17. The minimum Gasteiger partial charge on any atom is -0.507 e. The van der Waals surface area contributed by atoms with Gasteiger partial charge in [-0.3, -0.25) is 14.0 Å². The number of amidine groups is 1. The summed E-state index contributed by atoms with van der Waals surface area (Å²) in [6.45, 7) is 3.66. The molecule has 0 saturated heterocycles. The number of phenols is 1. The molecule has 1 aliphatic heterocycles. The summed E-state index contributed by atoms with van der Waals surface area (Å²) in [7, 11) is 0. The molecule has 0 aliphatic carbocycles. The number of aliphatic imine (C=N–C) groups is 1. The molecule has 0 spiro atoms. The van der Waals surface area contributed by atoms with Crippen molar-refractivity contribution < 1.29 is 14.6 Å². The molecule has 2 aromatic heterocycles. The number of nitrogens with one attached hydrogen (secondary N) is 1. The number of carbonyl (C=O) groups is 1. The van der Waals surface area contributed by atoms with E-state index in [1.165, 1.54) is 17.5 Å². The van der Waals surface area contributed by atoms with E-state index in [1.54, 1.807) is 24.4 Å². The Kier molecular flexibility index (Phi) is 5.93. The van der Waals surface area contributed by atoms with Crippen molar-refractivity contribution in [2.75, 3.05) is 6.67 Å². The van der Waals surface area contributed by atoms with Gasteiger partial charge in [-0.25, -0.2) is 15.4 Å². The number of hydrogen-bond acceptors (Lipinski definition) is 9. The Morgan fingerprint density at radius 3 is 2.88 bits per heavy atom. The fourth-order valence-electron chi connectivity index (χ4n) is 3.52.